The Bertz CT molecular complexity index is 841. The van der Waals surface area contributed by atoms with Crippen LogP contribution in [0.15, 0.2) is 48.5 Å². The van der Waals surface area contributed by atoms with E-state index in [0.29, 0.717) is 5.69 Å². The van der Waals surface area contributed by atoms with Crippen LogP contribution in [0.25, 0.3) is 0 Å². The Morgan fingerprint density at radius 3 is 2.64 bits per heavy atom. The van der Waals surface area contributed by atoms with E-state index in [2.05, 4.69) is 5.32 Å². The highest BCUT2D eigenvalue weighted by molar-refractivity contribution is 6.03. The van der Waals surface area contributed by atoms with E-state index < -0.39 is 22.6 Å². The molecule has 1 atom stereocenters. The molecule has 1 saturated heterocycles. The predicted molar refractivity (Wildman–Crippen MR) is 88.6 cm³/mol. The van der Waals surface area contributed by atoms with Crippen LogP contribution < -0.4 is 10.2 Å². The van der Waals surface area contributed by atoms with Crippen LogP contribution in [0, 0.1) is 21.8 Å². The molecule has 2 amide bonds. The number of hydrogen-bond acceptors (Lipinski definition) is 4. The zero-order chi connectivity index (χ0) is 18.0. The second-order valence-electron chi connectivity index (χ2n) is 5.65. The van der Waals surface area contributed by atoms with Crippen LogP contribution in [-0.2, 0) is 9.59 Å². The van der Waals surface area contributed by atoms with Crippen molar-refractivity contribution < 1.29 is 18.9 Å². The van der Waals surface area contributed by atoms with E-state index in [-0.39, 0.29) is 30.2 Å². The lowest BCUT2D eigenvalue weighted by Gasteiger charge is -2.16. The number of benzene rings is 2. The smallest absolute Gasteiger partial charge is 0.271 e. The van der Waals surface area contributed by atoms with E-state index in [1.807, 2.05) is 6.07 Å². The van der Waals surface area contributed by atoms with Gasteiger partial charge in [0.25, 0.3) is 5.69 Å². The molecule has 3 rings (SSSR count). The van der Waals surface area contributed by atoms with Crippen molar-refractivity contribution in [1.29, 1.82) is 0 Å². The largest absolute Gasteiger partial charge is 0.323 e. The number of nitrogens with zero attached hydrogens (tertiary/aromatic N) is 2. The van der Waals surface area contributed by atoms with Crippen LogP contribution in [0.2, 0.25) is 0 Å². The van der Waals surface area contributed by atoms with Crippen LogP contribution in [0.1, 0.15) is 6.42 Å². The summed E-state index contributed by atoms with van der Waals surface area (Å²) < 4.78 is 13.8. The lowest BCUT2D eigenvalue weighted by molar-refractivity contribution is -0.384. The number of halogens is 1. The average molecular weight is 343 g/mol. The van der Waals surface area contributed by atoms with E-state index in [9.17, 15) is 24.1 Å². The predicted octanol–water partition coefficient (Wildman–Crippen LogP) is 2.73. The summed E-state index contributed by atoms with van der Waals surface area (Å²) in [5.74, 6) is -2.19. The van der Waals surface area contributed by atoms with Gasteiger partial charge in [0.2, 0.25) is 11.8 Å². The van der Waals surface area contributed by atoms with Crippen LogP contribution in [-0.4, -0.2) is 23.3 Å². The van der Waals surface area contributed by atoms with Crippen LogP contribution in [0.3, 0.4) is 0 Å². The fourth-order valence-corrected chi connectivity index (χ4v) is 2.70. The molecule has 1 aliphatic heterocycles. The minimum absolute atomic E-state index is 0.00270. The summed E-state index contributed by atoms with van der Waals surface area (Å²) >= 11 is 0. The number of rotatable bonds is 4. The van der Waals surface area contributed by atoms with Gasteiger partial charge in [-0.05, 0) is 18.2 Å². The first-order valence-electron chi connectivity index (χ1n) is 7.56. The third-order valence-corrected chi connectivity index (χ3v) is 3.98. The van der Waals surface area contributed by atoms with Gasteiger partial charge in [-0.1, -0.05) is 18.2 Å². The number of para-hydroxylation sites is 1. The van der Waals surface area contributed by atoms with Crippen LogP contribution >= 0.6 is 0 Å². The molecule has 0 aromatic heterocycles. The van der Waals surface area contributed by atoms with Gasteiger partial charge >= 0.3 is 0 Å². The van der Waals surface area contributed by atoms with E-state index in [1.165, 1.54) is 4.90 Å². The quantitative estimate of drug-likeness (QED) is 0.682. The van der Waals surface area contributed by atoms with Gasteiger partial charge < -0.3 is 10.2 Å². The van der Waals surface area contributed by atoms with Gasteiger partial charge in [-0.25, -0.2) is 4.39 Å². The molecule has 2 aromatic carbocycles. The molecular formula is C17H14FN3O4. The molecule has 0 aliphatic carbocycles. The van der Waals surface area contributed by atoms with Crippen LogP contribution in [0.5, 0.6) is 0 Å². The molecule has 7 nitrogen and oxygen atoms in total. The van der Waals surface area contributed by atoms with Gasteiger partial charge in [0, 0.05) is 30.8 Å². The van der Waals surface area contributed by atoms with Gasteiger partial charge in [-0.2, -0.15) is 0 Å². The fraction of sp³-hybridized carbons (Fsp3) is 0.176. The molecule has 128 valence electrons. The van der Waals surface area contributed by atoms with Crippen molar-refractivity contribution in [3.63, 3.8) is 0 Å². The number of carbonyl (C=O) groups is 2. The highest BCUT2D eigenvalue weighted by atomic mass is 19.1. The summed E-state index contributed by atoms with van der Waals surface area (Å²) in [5, 5.41) is 13.1. The molecule has 25 heavy (non-hydrogen) atoms. The monoisotopic (exact) mass is 343 g/mol. The average Bonchev–Trinajstić information content (AvgIpc) is 2.99. The maximum absolute atomic E-state index is 13.8. The summed E-state index contributed by atoms with van der Waals surface area (Å²) in [6.07, 6.45) is -0.00270. The third kappa shape index (κ3) is 3.47. The lowest BCUT2D eigenvalue weighted by atomic mass is 10.1. The second kappa shape index (κ2) is 6.68. The number of carbonyl (C=O) groups excluding carboxylic acids is 2. The van der Waals surface area contributed by atoms with Gasteiger partial charge in [-0.3, -0.25) is 19.7 Å². The highest BCUT2D eigenvalue weighted by Gasteiger charge is 2.35. The molecule has 1 heterocycles. The third-order valence-electron chi connectivity index (χ3n) is 3.98. The molecule has 1 aliphatic rings. The van der Waals surface area contributed by atoms with Crippen molar-refractivity contribution >= 4 is 28.9 Å². The van der Waals surface area contributed by atoms with Crippen molar-refractivity contribution in [3.8, 4) is 0 Å². The molecule has 0 spiro atoms. The maximum Gasteiger partial charge on any atom is 0.271 e. The summed E-state index contributed by atoms with van der Waals surface area (Å²) in [6.45, 7) is 0.172. The molecule has 1 unspecified atom stereocenters. The molecule has 2 aromatic rings. The number of nitro groups is 1. The first-order chi connectivity index (χ1) is 12.0. The SMILES string of the molecule is O=C(Nc1cc([N+](=O)[O-])ccc1F)C1CC(=O)N(c2ccccc2)C1. The fourth-order valence-electron chi connectivity index (χ4n) is 2.70. The Hall–Kier alpha value is -3.29. The van der Waals surface area contributed by atoms with Crippen molar-refractivity contribution in [1.82, 2.24) is 0 Å². The number of nitrogens with one attached hydrogen (secondary N) is 1. The molecule has 0 bridgehead atoms. The second-order valence-corrected chi connectivity index (χ2v) is 5.65. The molecule has 1 N–H and O–H groups in total. The molecule has 0 radical (unpaired) electrons. The Morgan fingerprint density at radius 1 is 1.24 bits per heavy atom. The Balaban J connectivity index is 1.74. The zero-order valence-corrected chi connectivity index (χ0v) is 13.0. The Morgan fingerprint density at radius 2 is 1.96 bits per heavy atom. The minimum atomic E-state index is -0.775. The topological polar surface area (TPSA) is 92.5 Å². The summed E-state index contributed by atoms with van der Waals surface area (Å²) in [5.41, 5.74) is 0.0826. The zero-order valence-electron chi connectivity index (χ0n) is 13.0. The number of anilines is 2. The highest BCUT2D eigenvalue weighted by Crippen LogP contribution is 2.27. The first-order valence-corrected chi connectivity index (χ1v) is 7.56. The summed E-state index contributed by atoms with van der Waals surface area (Å²) in [6, 6.07) is 11.8. The Kier molecular flexibility index (Phi) is 4.42. The molecule has 0 saturated carbocycles. The van der Waals surface area contributed by atoms with Crippen molar-refractivity contribution in [2.75, 3.05) is 16.8 Å². The number of hydrogen-bond donors (Lipinski definition) is 1. The van der Waals surface area contributed by atoms with Gasteiger partial charge in [-0.15, -0.1) is 0 Å². The van der Waals surface area contributed by atoms with Crippen LogP contribution in [0.4, 0.5) is 21.5 Å². The number of amides is 2. The summed E-state index contributed by atoms with van der Waals surface area (Å²) in [7, 11) is 0. The first kappa shape index (κ1) is 16.6. The summed E-state index contributed by atoms with van der Waals surface area (Å²) in [4.78, 5) is 36.1. The van der Waals surface area contributed by atoms with E-state index in [0.717, 1.165) is 18.2 Å². The molecule has 8 heteroatoms. The normalized spacial score (nSPS) is 16.8. The van der Waals surface area contributed by atoms with Crippen molar-refractivity contribution in [2.45, 2.75) is 6.42 Å². The molecule has 1 fully saturated rings. The van der Waals surface area contributed by atoms with Gasteiger partial charge in [0.15, 0.2) is 0 Å². The number of non-ortho nitro benzene ring substituents is 1. The van der Waals surface area contributed by atoms with E-state index >= 15 is 0 Å². The van der Waals surface area contributed by atoms with Crippen molar-refractivity contribution in [3.05, 3.63) is 64.5 Å². The lowest BCUT2D eigenvalue weighted by Crippen LogP contribution is -2.28. The minimum Gasteiger partial charge on any atom is -0.323 e. The van der Waals surface area contributed by atoms with E-state index in [4.69, 9.17) is 0 Å². The van der Waals surface area contributed by atoms with E-state index in [1.54, 1.807) is 24.3 Å². The van der Waals surface area contributed by atoms with Gasteiger partial charge in [0.1, 0.15) is 5.82 Å². The van der Waals surface area contributed by atoms with Gasteiger partial charge in [0.05, 0.1) is 16.5 Å². The number of nitro benzene ring substituents is 1. The maximum atomic E-state index is 13.8. The molecular weight excluding hydrogens is 329 g/mol. The van der Waals surface area contributed by atoms with Crippen molar-refractivity contribution in [2.24, 2.45) is 5.92 Å². The standard InChI is InChI=1S/C17H14FN3O4/c18-14-7-6-13(21(24)25)9-15(14)19-17(23)11-8-16(22)20(10-11)12-4-2-1-3-5-12/h1-7,9,11H,8,10H2,(H,19,23). The Labute approximate surface area is 142 Å².